The number of rotatable bonds is 0. The van der Waals surface area contributed by atoms with E-state index in [0.717, 1.165) is 0 Å². The highest BCUT2D eigenvalue weighted by molar-refractivity contribution is 5.64. The smallest absolute Gasteiger partial charge is 0.398 e. The Kier molecular flexibility index (Phi) is 4.46. The Morgan fingerprint density at radius 2 is 0.667 bits per heavy atom. The first-order valence-corrected chi connectivity index (χ1v) is 5.25. The Labute approximate surface area is 122 Å². The van der Waals surface area contributed by atoms with Gasteiger partial charge in [-0.3, -0.25) is 0 Å². The first-order valence-electron chi connectivity index (χ1n) is 5.25. The Morgan fingerprint density at radius 1 is 0.458 bits per heavy atom. The van der Waals surface area contributed by atoms with Gasteiger partial charge in [0.25, 0.3) is 0 Å². The van der Waals surface area contributed by atoms with Gasteiger partial charge in [0.15, 0.2) is 0 Å². The fourth-order valence-electron chi connectivity index (χ4n) is 1.86. The highest BCUT2D eigenvalue weighted by atomic mass is 19.4. The molecule has 0 aliphatic carbocycles. The molecule has 0 heterocycles. The predicted octanol–water partition coefficient (Wildman–Crippen LogP) is 5.48. The van der Waals surface area contributed by atoms with Gasteiger partial charge >= 0.3 is 24.7 Å². The summed E-state index contributed by atoms with van der Waals surface area (Å²) < 4.78 is 165. The minimum Gasteiger partial charge on any atom is -0.398 e. The number of nitrogen functional groups attached to an aromatic ring is 1. The predicted molar refractivity (Wildman–Crippen MR) is 50.8 cm³/mol. The van der Waals surface area contributed by atoms with Gasteiger partial charge in [-0.25, -0.2) is 4.39 Å². The van der Waals surface area contributed by atoms with Gasteiger partial charge < -0.3 is 5.73 Å². The molecule has 138 valence electrons. The van der Waals surface area contributed by atoms with Gasteiger partial charge in [0.05, 0.1) is 16.8 Å². The van der Waals surface area contributed by atoms with Crippen LogP contribution in [-0.4, -0.2) is 0 Å². The summed E-state index contributed by atoms with van der Waals surface area (Å²) >= 11 is 0. The molecule has 1 nitrogen and oxygen atoms in total. The standard InChI is InChI=1S/C10H2F13N/c11-5-1(7(12,13)14)3(9(18,19)20)6(24)4(10(21,22)23)2(5)8(15,16)17/h24H2. The topological polar surface area (TPSA) is 26.0 Å². The Hall–Kier alpha value is -1.89. The molecular formula is C10H2F13N. The lowest BCUT2D eigenvalue weighted by Gasteiger charge is -2.25. The van der Waals surface area contributed by atoms with Crippen LogP contribution in [-0.2, 0) is 24.7 Å². The zero-order valence-electron chi connectivity index (χ0n) is 10.5. The van der Waals surface area contributed by atoms with E-state index in [0.29, 0.717) is 0 Å². The maximum atomic E-state index is 13.5. The van der Waals surface area contributed by atoms with Crippen molar-refractivity contribution < 1.29 is 57.1 Å². The molecule has 1 rings (SSSR count). The molecule has 2 N–H and O–H groups in total. The van der Waals surface area contributed by atoms with E-state index in [1.165, 1.54) is 0 Å². The van der Waals surface area contributed by atoms with Gasteiger partial charge in [-0.1, -0.05) is 0 Å². The molecule has 0 aliphatic rings. The fourth-order valence-corrected chi connectivity index (χ4v) is 1.86. The van der Waals surface area contributed by atoms with Crippen molar-refractivity contribution in [2.45, 2.75) is 24.7 Å². The van der Waals surface area contributed by atoms with Gasteiger partial charge in [-0.2, -0.15) is 52.7 Å². The molecule has 0 amide bonds. The van der Waals surface area contributed by atoms with Crippen LogP contribution >= 0.6 is 0 Å². The molecule has 0 saturated heterocycles. The van der Waals surface area contributed by atoms with Gasteiger partial charge in [0, 0.05) is 0 Å². The van der Waals surface area contributed by atoms with Gasteiger partial charge in [-0.05, 0) is 0 Å². The molecule has 14 heteroatoms. The van der Waals surface area contributed by atoms with Crippen LogP contribution in [0.2, 0.25) is 0 Å². The summed E-state index contributed by atoms with van der Waals surface area (Å²) in [6, 6.07) is 0. The third-order valence-electron chi connectivity index (χ3n) is 2.61. The maximum absolute atomic E-state index is 13.5. The van der Waals surface area contributed by atoms with Crippen LogP contribution < -0.4 is 5.73 Å². The lowest BCUT2D eigenvalue weighted by molar-refractivity contribution is -0.173. The van der Waals surface area contributed by atoms with Crippen molar-refractivity contribution in [3.05, 3.63) is 28.1 Å². The van der Waals surface area contributed by atoms with Gasteiger partial charge in [0.1, 0.15) is 16.9 Å². The Morgan fingerprint density at radius 3 is 0.833 bits per heavy atom. The molecule has 0 aliphatic heterocycles. The number of hydrogen-bond donors (Lipinski definition) is 1. The summed E-state index contributed by atoms with van der Waals surface area (Å²) in [6.07, 6.45) is -25.4. The van der Waals surface area contributed by atoms with Crippen LogP contribution in [0.3, 0.4) is 0 Å². The SMILES string of the molecule is Nc1c(C(F)(F)F)c(C(F)(F)F)c(F)c(C(F)(F)F)c1C(F)(F)F. The molecule has 0 saturated carbocycles. The first-order chi connectivity index (χ1) is 10.3. The summed E-state index contributed by atoms with van der Waals surface area (Å²) in [4.78, 5) is 0. The lowest BCUT2D eigenvalue weighted by atomic mass is 9.93. The minimum atomic E-state index is -6.40. The second-order valence-corrected chi connectivity index (χ2v) is 4.22. The summed E-state index contributed by atoms with van der Waals surface area (Å²) in [5.41, 5.74) is -12.5. The van der Waals surface area contributed by atoms with Crippen molar-refractivity contribution in [3.8, 4) is 0 Å². The maximum Gasteiger partial charge on any atom is 0.419 e. The molecule has 0 atom stereocenters. The Balaban J connectivity index is 4.28. The monoisotopic (exact) mass is 383 g/mol. The van der Waals surface area contributed by atoms with Crippen molar-refractivity contribution in [3.63, 3.8) is 0 Å². The van der Waals surface area contributed by atoms with Crippen LogP contribution in [0, 0.1) is 5.82 Å². The van der Waals surface area contributed by atoms with Crippen LogP contribution in [0.15, 0.2) is 0 Å². The van der Waals surface area contributed by atoms with E-state index in [-0.39, 0.29) is 0 Å². The summed E-state index contributed by atoms with van der Waals surface area (Å²) in [7, 11) is 0. The summed E-state index contributed by atoms with van der Waals surface area (Å²) in [5.74, 6) is -3.76. The molecule has 1 aromatic carbocycles. The lowest BCUT2D eigenvalue weighted by Crippen LogP contribution is -2.29. The van der Waals surface area contributed by atoms with Crippen LogP contribution in [0.25, 0.3) is 0 Å². The second-order valence-electron chi connectivity index (χ2n) is 4.22. The van der Waals surface area contributed by atoms with Crippen molar-refractivity contribution in [2.24, 2.45) is 0 Å². The zero-order chi connectivity index (χ0) is 19.5. The van der Waals surface area contributed by atoms with E-state index in [2.05, 4.69) is 5.73 Å². The number of halogens is 13. The average molecular weight is 383 g/mol. The van der Waals surface area contributed by atoms with Crippen molar-refractivity contribution in [1.82, 2.24) is 0 Å². The largest absolute Gasteiger partial charge is 0.419 e. The van der Waals surface area contributed by atoms with Crippen molar-refractivity contribution in [1.29, 1.82) is 0 Å². The third kappa shape index (κ3) is 3.45. The first kappa shape index (κ1) is 20.2. The van der Waals surface area contributed by atoms with Crippen LogP contribution in [0.5, 0.6) is 0 Å². The van der Waals surface area contributed by atoms with Crippen molar-refractivity contribution in [2.75, 3.05) is 5.73 Å². The fraction of sp³-hybridized carbons (Fsp3) is 0.400. The third-order valence-corrected chi connectivity index (χ3v) is 2.61. The summed E-state index contributed by atoms with van der Waals surface area (Å²) in [5, 5.41) is 0. The zero-order valence-corrected chi connectivity index (χ0v) is 10.5. The number of nitrogens with two attached hydrogens (primary N) is 1. The second kappa shape index (κ2) is 5.31. The number of alkyl halides is 12. The molecule has 24 heavy (non-hydrogen) atoms. The molecule has 1 aromatic rings. The quantitative estimate of drug-likeness (QED) is 0.466. The summed E-state index contributed by atoms with van der Waals surface area (Å²) in [6.45, 7) is 0. The normalized spacial score (nSPS) is 14.2. The van der Waals surface area contributed by atoms with Gasteiger partial charge in [-0.15, -0.1) is 0 Å². The molecular weight excluding hydrogens is 381 g/mol. The van der Waals surface area contributed by atoms with E-state index in [1.54, 1.807) is 0 Å². The number of hydrogen-bond acceptors (Lipinski definition) is 1. The van der Waals surface area contributed by atoms with E-state index >= 15 is 0 Å². The van der Waals surface area contributed by atoms with Crippen molar-refractivity contribution >= 4 is 5.69 Å². The number of anilines is 1. The van der Waals surface area contributed by atoms with E-state index in [4.69, 9.17) is 0 Å². The number of benzene rings is 1. The van der Waals surface area contributed by atoms with E-state index in [9.17, 15) is 57.1 Å². The highest BCUT2D eigenvalue weighted by Gasteiger charge is 2.56. The van der Waals surface area contributed by atoms with Crippen LogP contribution in [0.4, 0.5) is 62.8 Å². The van der Waals surface area contributed by atoms with E-state index in [1.807, 2.05) is 0 Å². The molecule has 0 bridgehead atoms. The molecule has 0 aromatic heterocycles. The molecule has 0 fully saturated rings. The molecule has 0 radical (unpaired) electrons. The highest BCUT2D eigenvalue weighted by Crippen LogP contribution is 2.53. The molecule has 0 spiro atoms. The van der Waals surface area contributed by atoms with E-state index < -0.39 is 58.5 Å². The van der Waals surface area contributed by atoms with Crippen LogP contribution in [0.1, 0.15) is 22.3 Å². The van der Waals surface area contributed by atoms with Gasteiger partial charge in [0.2, 0.25) is 0 Å². The Bertz CT molecular complexity index is 533. The average Bonchev–Trinajstić information content (AvgIpc) is 2.24. The molecule has 0 unspecified atom stereocenters. The minimum absolute atomic E-state index is 2.92.